The van der Waals surface area contributed by atoms with Crippen molar-refractivity contribution in [3.63, 3.8) is 0 Å². The summed E-state index contributed by atoms with van der Waals surface area (Å²) >= 11 is 5.80. The maximum absolute atomic E-state index is 11.6. The predicted octanol–water partition coefficient (Wildman–Crippen LogP) is 2.04. The fourth-order valence-corrected chi connectivity index (χ4v) is 1.57. The number of carboxylic acids is 1. The number of aliphatic carboxylic acids is 1. The van der Waals surface area contributed by atoms with Gasteiger partial charge in [0, 0.05) is 18.6 Å². The van der Waals surface area contributed by atoms with E-state index in [9.17, 15) is 9.59 Å². The lowest BCUT2D eigenvalue weighted by molar-refractivity contribution is -0.138. The molecule has 0 aliphatic rings. The van der Waals surface area contributed by atoms with Crippen molar-refractivity contribution in [3.05, 3.63) is 29.3 Å². The molecular weight excluding hydrogens is 270 g/mol. The third kappa shape index (κ3) is 6.10. The number of carboxylic acid groups (broad SMARTS) is 1. The average molecular weight is 286 g/mol. The van der Waals surface area contributed by atoms with Crippen molar-refractivity contribution in [1.82, 2.24) is 4.90 Å². The summed E-state index contributed by atoms with van der Waals surface area (Å²) in [5, 5.41) is 9.09. The Hall–Kier alpha value is -1.75. The molecule has 0 aromatic heterocycles. The fraction of sp³-hybridized carbons (Fsp3) is 0.385. The van der Waals surface area contributed by atoms with E-state index in [0.717, 1.165) is 0 Å². The minimum atomic E-state index is -0.921. The van der Waals surface area contributed by atoms with Crippen molar-refractivity contribution in [2.45, 2.75) is 12.8 Å². The summed E-state index contributed by atoms with van der Waals surface area (Å²) in [6.45, 7) is 0.432. The Labute approximate surface area is 116 Å². The summed E-state index contributed by atoms with van der Waals surface area (Å²) in [6, 6.07) is 6.92. The first-order valence-electron chi connectivity index (χ1n) is 5.83. The molecule has 0 heterocycles. The minimum Gasteiger partial charge on any atom is -0.493 e. The van der Waals surface area contributed by atoms with Gasteiger partial charge in [-0.05, 0) is 18.2 Å². The second-order valence-electron chi connectivity index (χ2n) is 4.01. The number of benzene rings is 1. The minimum absolute atomic E-state index is 0.0581. The number of rotatable bonds is 7. The number of ether oxygens (including phenoxy) is 1. The molecule has 19 heavy (non-hydrogen) atoms. The van der Waals surface area contributed by atoms with Crippen LogP contribution in [-0.2, 0) is 9.59 Å². The van der Waals surface area contributed by atoms with Crippen LogP contribution in [0.5, 0.6) is 5.75 Å². The molecule has 0 radical (unpaired) electrons. The smallest absolute Gasteiger partial charge is 0.305 e. The Morgan fingerprint density at radius 2 is 2.11 bits per heavy atom. The molecule has 0 atom stereocenters. The Morgan fingerprint density at radius 3 is 2.74 bits per heavy atom. The van der Waals surface area contributed by atoms with E-state index < -0.39 is 5.97 Å². The zero-order valence-corrected chi connectivity index (χ0v) is 11.4. The van der Waals surface area contributed by atoms with Gasteiger partial charge in [0.15, 0.2) is 0 Å². The Bertz CT molecular complexity index is 450. The zero-order valence-electron chi connectivity index (χ0n) is 10.6. The van der Waals surface area contributed by atoms with Gasteiger partial charge in [-0.3, -0.25) is 9.59 Å². The average Bonchev–Trinajstić information content (AvgIpc) is 2.35. The number of halogens is 1. The first-order chi connectivity index (χ1) is 8.99. The van der Waals surface area contributed by atoms with Crippen LogP contribution in [0.25, 0.3) is 0 Å². The molecule has 0 aliphatic heterocycles. The third-order valence-corrected chi connectivity index (χ3v) is 2.70. The summed E-state index contributed by atoms with van der Waals surface area (Å²) in [7, 11) is 1.57. The van der Waals surface area contributed by atoms with E-state index in [-0.39, 0.29) is 31.9 Å². The maximum atomic E-state index is 11.6. The number of hydrogen-bond donors (Lipinski definition) is 1. The summed E-state index contributed by atoms with van der Waals surface area (Å²) < 4.78 is 5.38. The van der Waals surface area contributed by atoms with E-state index in [0.29, 0.717) is 10.8 Å². The second kappa shape index (κ2) is 7.63. The van der Waals surface area contributed by atoms with Gasteiger partial charge in [0.2, 0.25) is 5.91 Å². The van der Waals surface area contributed by atoms with Gasteiger partial charge < -0.3 is 14.7 Å². The lowest BCUT2D eigenvalue weighted by Gasteiger charge is -2.16. The number of carbonyl (C=O) groups is 2. The van der Waals surface area contributed by atoms with E-state index in [2.05, 4.69) is 0 Å². The molecule has 0 bridgehead atoms. The number of amides is 1. The quantitative estimate of drug-likeness (QED) is 0.832. The molecule has 1 amide bonds. The molecule has 0 unspecified atom stereocenters. The van der Waals surface area contributed by atoms with Crippen molar-refractivity contribution in [2.24, 2.45) is 0 Å². The molecule has 0 aliphatic carbocycles. The predicted molar refractivity (Wildman–Crippen MR) is 71.5 cm³/mol. The second-order valence-corrected chi connectivity index (χ2v) is 4.45. The van der Waals surface area contributed by atoms with E-state index in [1.807, 2.05) is 0 Å². The van der Waals surface area contributed by atoms with Crippen molar-refractivity contribution < 1.29 is 19.4 Å². The van der Waals surface area contributed by atoms with Crippen LogP contribution in [0.4, 0.5) is 0 Å². The molecule has 0 spiro atoms. The Kier molecular flexibility index (Phi) is 6.15. The first-order valence-corrected chi connectivity index (χ1v) is 6.21. The summed E-state index contributed by atoms with van der Waals surface area (Å²) in [5.41, 5.74) is 0. The highest BCUT2D eigenvalue weighted by Gasteiger charge is 2.10. The lowest BCUT2D eigenvalue weighted by atomic mass is 10.3. The first kappa shape index (κ1) is 15.3. The highest BCUT2D eigenvalue weighted by molar-refractivity contribution is 6.30. The Morgan fingerprint density at radius 1 is 1.37 bits per heavy atom. The van der Waals surface area contributed by atoms with Gasteiger partial charge in [0.1, 0.15) is 5.75 Å². The molecule has 1 aromatic rings. The highest BCUT2D eigenvalue weighted by Crippen LogP contribution is 2.17. The van der Waals surface area contributed by atoms with Crippen molar-refractivity contribution in [2.75, 3.05) is 20.2 Å². The van der Waals surface area contributed by atoms with Crippen molar-refractivity contribution in [3.8, 4) is 5.75 Å². The van der Waals surface area contributed by atoms with Crippen LogP contribution in [0.3, 0.4) is 0 Å². The Balaban J connectivity index is 2.28. The molecule has 1 aromatic carbocycles. The molecule has 1 N–H and O–H groups in total. The van der Waals surface area contributed by atoms with Crippen molar-refractivity contribution >= 4 is 23.5 Å². The molecular formula is C13H16ClNO4. The van der Waals surface area contributed by atoms with E-state index in [4.69, 9.17) is 21.4 Å². The standard InChI is InChI=1S/C13H16ClNO4/c1-15(7-5-13(17)18)12(16)6-8-19-11-4-2-3-10(14)9-11/h2-4,9H,5-8H2,1H3,(H,17,18). The van der Waals surface area contributed by atoms with Crippen LogP contribution >= 0.6 is 11.6 Å². The van der Waals surface area contributed by atoms with Gasteiger partial charge in [-0.1, -0.05) is 17.7 Å². The van der Waals surface area contributed by atoms with Gasteiger partial charge in [-0.15, -0.1) is 0 Å². The van der Waals surface area contributed by atoms with Crippen LogP contribution in [-0.4, -0.2) is 42.1 Å². The van der Waals surface area contributed by atoms with Crippen LogP contribution in [0, 0.1) is 0 Å². The highest BCUT2D eigenvalue weighted by atomic mass is 35.5. The monoisotopic (exact) mass is 285 g/mol. The van der Waals surface area contributed by atoms with Gasteiger partial charge in [-0.25, -0.2) is 0 Å². The summed E-state index contributed by atoms with van der Waals surface area (Å²) in [6.07, 6.45) is 0.139. The van der Waals surface area contributed by atoms with Crippen LogP contribution in [0.1, 0.15) is 12.8 Å². The summed E-state index contributed by atoms with van der Waals surface area (Å²) in [4.78, 5) is 23.4. The van der Waals surface area contributed by atoms with Crippen LogP contribution in [0.15, 0.2) is 24.3 Å². The zero-order chi connectivity index (χ0) is 14.3. The molecule has 0 saturated heterocycles. The molecule has 0 saturated carbocycles. The van der Waals surface area contributed by atoms with Gasteiger partial charge in [0.05, 0.1) is 19.4 Å². The van der Waals surface area contributed by atoms with Gasteiger partial charge in [0.25, 0.3) is 0 Å². The van der Waals surface area contributed by atoms with Crippen LogP contribution < -0.4 is 4.74 Å². The molecule has 104 valence electrons. The number of carbonyl (C=O) groups excluding carboxylic acids is 1. The normalized spacial score (nSPS) is 10.0. The number of nitrogens with zero attached hydrogens (tertiary/aromatic N) is 1. The third-order valence-electron chi connectivity index (χ3n) is 2.47. The summed E-state index contributed by atoms with van der Waals surface area (Å²) in [5.74, 6) is -0.466. The van der Waals surface area contributed by atoms with Gasteiger partial charge in [-0.2, -0.15) is 0 Å². The topological polar surface area (TPSA) is 66.8 Å². The van der Waals surface area contributed by atoms with E-state index in [1.54, 1.807) is 31.3 Å². The SMILES string of the molecule is CN(CCC(=O)O)C(=O)CCOc1cccc(Cl)c1. The molecule has 0 fully saturated rings. The van der Waals surface area contributed by atoms with Gasteiger partial charge >= 0.3 is 5.97 Å². The van der Waals surface area contributed by atoms with Crippen molar-refractivity contribution in [1.29, 1.82) is 0 Å². The fourth-order valence-electron chi connectivity index (χ4n) is 1.39. The molecule has 6 heteroatoms. The molecule has 5 nitrogen and oxygen atoms in total. The van der Waals surface area contributed by atoms with E-state index >= 15 is 0 Å². The largest absolute Gasteiger partial charge is 0.493 e. The molecule has 1 rings (SSSR count). The lowest BCUT2D eigenvalue weighted by Crippen LogP contribution is -2.30. The van der Waals surface area contributed by atoms with Crippen LogP contribution in [0.2, 0.25) is 5.02 Å². The maximum Gasteiger partial charge on any atom is 0.305 e. The van der Waals surface area contributed by atoms with E-state index in [1.165, 1.54) is 4.90 Å². The number of hydrogen-bond acceptors (Lipinski definition) is 3.